The van der Waals surface area contributed by atoms with Gasteiger partial charge in [0.15, 0.2) is 11.5 Å². The van der Waals surface area contributed by atoms with E-state index in [4.69, 9.17) is 5.73 Å². The number of hydrogen-bond donors (Lipinski definition) is 3. The number of alkyl halides is 3. The van der Waals surface area contributed by atoms with Crippen molar-refractivity contribution in [1.82, 2.24) is 29.3 Å². The van der Waals surface area contributed by atoms with Gasteiger partial charge in [0, 0.05) is 37.3 Å². The van der Waals surface area contributed by atoms with Crippen LogP contribution in [0.3, 0.4) is 0 Å². The topological polar surface area (TPSA) is 144 Å². The zero-order valence-corrected chi connectivity index (χ0v) is 20.5. The van der Waals surface area contributed by atoms with Crippen LogP contribution in [0.2, 0.25) is 0 Å². The molecule has 202 valence electrons. The fourth-order valence-electron chi connectivity index (χ4n) is 4.77. The van der Waals surface area contributed by atoms with Gasteiger partial charge in [-0.15, -0.1) is 0 Å². The molecule has 5 heterocycles. The predicted molar refractivity (Wildman–Crippen MR) is 134 cm³/mol. The first kappa shape index (κ1) is 25.2. The maximum absolute atomic E-state index is 13.8. The highest BCUT2D eigenvalue weighted by Gasteiger charge is 2.49. The minimum atomic E-state index is -4.83. The number of rotatable bonds is 4. The lowest BCUT2D eigenvalue weighted by Gasteiger charge is -2.23. The molecule has 1 aliphatic heterocycles. The fourth-order valence-corrected chi connectivity index (χ4v) is 4.77. The molecule has 1 atom stereocenters. The Balaban J connectivity index is 1.44. The van der Waals surface area contributed by atoms with Gasteiger partial charge in [0.2, 0.25) is 5.91 Å². The molecule has 14 heteroatoms. The van der Waals surface area contributed by atoms with Crippen molar-refractivity contribution in [2.45, 2.75) is 24.9 Å². The average Bonchev–Trinajstić information content (AvgIpc) is 3.46. The average molecular weight is 550 g/mol. The van der Waals surface area contributed by atoms with E-state index in [1.165, 1.54) is 19.1 Å². The van der Waals surface area contributed by atoms with Gasteiger partial charge < -0.3 is 20.6 Å². The zero-order chi connectivity index (χ0) is 28.4. The zero-order valence-electron chi connectivity index (χ0n) is 20.5. The molecule has 40 heavy (non-hydrogen) atoms. The minimum Gasteiger partial charge on any atom is -0.507 e. The summed E-state index contributed by atoms with van der Waals surface area (Å²) in [6.07, 6.45) is 0.755. The molecule has 10 nitrogen and oxygen atoms in total. The van der Waals surface area contributed by atoms with Gasteiger partial charge in [0.05, 0.1) is 17.0 Å². The van der Waals surface area contributed by atoms with Crippen LogP contribution >= 0.6 is 0 Å². The smallest absolute Gasteiger partial charge is 0.421 e. The van der Waals surface area contributed by atoms with Gasteiger partial charge in [-0.1, -0.05) is 12.1 Å². The third-order valence-corrected chi connectivity index (χ3v) is 6.76. The molecule has 0 aliphatic carbocycles. The summed E-state index contributed by atoms with van der Waals surface area (Å²) in [6, 6.07) is 6.85. The van der Waals surface area contributed by atoms with Crippen LogP contribution in [0.5, 0.6) is 5.75 Å². The van der Waals surface area contributed by atoms with E-state index in [2.05, 4.69) is 30.2 Å². The molecule has 0 unspecified atom stereocenters. The van der Waals surface area contributed by atoms with Gasteiger partial charge in [-0.25, -0.2) is 24.3 Å². The molecule has 1 aliphatic rings. The quantitative estimate of drug-likeness (QED) is 0.286. The summed E-state index contributed by atoms with van der Waals surface area (Å²) >= 11 is 0. The normalized spacial score (nSPS) is 16.8. The summed E-state index contributed by atoms with van der Waals surface area (Å²) in [7, 11) is 0. The number of imidazole rings is 1. The van der Waals surface area contributed by atoms with Crippen molar-refractivity contribution >= 4 is 23.2 Å². The van der Waals surface area contributed by atoms with Crippen LogP contribution in [-0.4, -0.2) is 40.3 Å². The van der Waals surface area contributed by atoms with Crippen molar-refractivity contribution in [2.24, 2.45) is 0 Å². The molecule has 0 saturated carbocycles. The van der Waals surface area contributed by atoms with Crippen LogP contribution in [0.25, 0.3) is 17.2 Å². The number of aromatic hydroxyl groups is 1. The Morgan fingerprint density at radius 3 is 2.67 bits per heavy atom. The van der Waals surface area contributed by atoms with Crippen LogP contribution in [-0.2, 0) is 22.8 Å². The number of nitrogen functional groups attached to an aromatic ring is 1. The van der Waals surface area contributed by atoms with Crippen LogP contribution in [0.4, 0.5) is 29.2 Å². The number of hydrogen-bond acceptors (Lipinski definition) is 8. The first-order valence-corrected chi connectivity index (χ1v) is 11.8. The van der Waals surface area contributed by atoms with Gasteiger partial charge in [-0.2, -0.15) is 13.2 Å². The highest BCUT2D eigenvalue weighted by molar-refractivity contribution is 6.08. The van der Waals surface area contributed by atoms with E-state index >= 15 is 0 Å². The molecule has 0 bridgehead atoms. The van der Waals surface area contributed by atoms with Crippen molar-refractivity contribution in [2.75, 3.05) is 11.1 Å². The van der Waals surface area contributed by atoms with E-state index in [1.54, 1.807) is 35.1 Å². The first-order chi connectivity index (χ1) is 18.9. The lowest BCUT2D eigenvalue weighted by Crippen LogP contribution is -2.34. The number of benzene rings is 1. The van der Waals surface area contributed by atoms with Crippen LogP contribution in [0, 0.1) is 5.82 Å². The SMILES string of the molecule is C[C@]1(c2cc(O)c(C(F)(F)F)cn2)C(=O)Nc2nc(-c3cn4ccnc4c(Cc4cccc(F)c4)n3)nc(N)c21. The van der Waals surface area contributed by atoms with Gasteiger partial charge in [0.1, 0.15) is 39.9 Å². The van der Waals surface area contributed by atoms with Gasteiger partial charge in [-0.05, 0) is 24.6 Å². The van der Waals surface area contributed by atoms with E-state index in [9.17, 15) is 27.5 Å². The number of nitrogens with zero attached hydrogens (tertiary/aromatic N) is 6. The van der Waals surface area contributed by atoms with Crippen molar-refractivity contribution in [3.05, 3.63) is 89.0 Å². The third kappa shape index (κ3) is 3.95. The van der Waals surface area contributed by atoms with Crippen LogP contribution in [0.15, 0.2) is 55.1 Å². The van der Waals surface area contributed by atoms with Crippen molar-refractivity contribution in [1.29, 1.82) is 0 Å². The number of anilines is 2. The molecule has 1 aromatic carbocycles. The summed E-state index contributed by atoms with van der Waals surface area (Å²) < 4.78 is 54.9. The Morgan fingerprint density at radius 2 is 1.95 bits per heavy atom. The number of carbonyl (C=O) groups excluding carboxylic acids is 1. The summed E-state index contributed by atoms with van der Waals surface area (Å²) in [5.74, 6) is -2.20. The maximum atomic E-state index is 13.8. The Morgan fingerprint density at radius 1 is 1.15 bits per heavy atom. The molecular weight excluding hydrogens is 532 g/mol. The minimum absolute atomic E-state index is 0.0235. The molecule has 4 aromatic heterocycles. The van der Waals surface area contributed by atoms with Crippen LogP contribution in [0.1, 0.15) is 35.0 Å². The third-order valence-electron chi connectivity index (χ3n) is 6.76. The number of fused-ring (bicyclic) bond motifs is 2. The molecule has 6 rings (SSSR count). The van der Waals surface area contributed by atoms with Crippen molar-refractivity contribution in [3.63, 3.8) is 0 Å². The van der Waals surface area contributed by atoms with E-state index in [-0.39, 0.29) is 40.8 Å². The van der Waals surface area contributed by atoms with E-state index in [0.29, 0.717) is 23.1 Å². The Hall–Kier alpha value is -5.14. The largest absolute Gasteiger partial charge is 0.507 e. The highest BCUT2D eigenvalue weighted by Crippen LogP contribution is 2.46. The molecule has 0 spiro atoms. The second kappa shape index (κ2) is 8.69. The lowest BCUT2D eigenvalue weighted by molar-refractivity contribution is -0.139. The number of amides is 1. The standard InChI is InChI=1S/C26H18F4N8O2/c1-25(18-9-17(39)14(10-33-18)26(28,29)30)19-20(31)35-21(36-22(19)37-24(25)40)16-11-38-6-5-32-23(38)15(34-16)8-12-3-2-4-13(27)7-12/h2-7,9-11H,8H2,1H3,(H,33,39)(H3,31,35,36,37,40)/t25-/m1/s1. The lowest BCUT2D eigenvalue weighted by atomic mass is 9.80. The first-order valence-electron chi connectivity index (χ1n) is 11.8. The van der Waals surface area contributed by atoms with E-state index in [1.807, 2.05) is 0 Å². The summed E-state index contributed by atoms with van der Waals surface area (Å²) in [4.78, 5) is 34.7. The van der Waals surface area contributed by atoms with E-state index in [0.717, 1.165) is 6.07 Å². The maximum Gasteiger partial charge on any atom is 0.421 e. The summed E-state index contributed by atoms with van der Waals surface area (Å²) in [5.41, 5.74) is 5.17. The second-order valence-electron chi connectivity index (χ2n) is 9.36. The Bertz CT molecular complexity index is 1840. The molecule has 4 N–H and O–H groups in total. The summed E-state index contributed by atoms with van der Waals surface area (Å²) in [5, 5.41) is 12.6. The molecule has 0 saturated heterocycles. The number of halogens is 4. The Labute approximate surface area is 222 Å². The molecule has 0 radical (unpaired) electrons. The number of aromatic nitrogens is 6. The molecular formula is C26H18F4N8O2. The molecule has 1 amide bonds. The molecule has 5 aromatic rings. The molecule has 0 fully saturated rings. The number of pyridine rings is 1. The summed E-state index contributed by atoms with van der Waals surface area (Å²) in [6.45, 7) is 1.40. The fraction of sp³-hybridized carbons (Fsp3) is 0.154. The predicted octanol–water partition coefficient (Wildman–Crippen LogP) is 3.88. The van der Waals surface area contributed by atoms with Gasteiger partial charge >= 0.3 is 6.18 Å². The van der Waals surface area contributed by atoms with Crippen molar-refractivity contribution < 1.29 is 27.5 Å². The van der Waals surface area contributed by atoms with Crippen LogP contribution < -0.4 is 11.1 Å². The Kier molecular flexibility index (Phi) is 5.47. The highest BCUT2D eigenvalue weighted by atomic mass is 19.4. The number of nitrogens with two attached hydrogens (primary N) is 1. The van der Waals surface area contributed by atoms with Gasteiger partial charge in [-0.3, -0.25) is 9.78 Å². The van der Waals surface area contributed by atoms with E-state index < -0.39 is 34.6 Å². The number of nitrogens with one attached hydrogen (secondary N) is 1. The van der Waals surface area contributed by atoms with Gasteiger partial charge in [0.25, 0.3) is 0 Å². The monoisotopic (exact) mass is 550 g/mol. The number of carbonyl (C=O) groups is 1. The second-order valence-corrected chi connectivity index (χ2v) is 9.36. The van der Waals surface area contributed by atoms with Crippen molar-refractivity contribution in [3.8, 4) is 17.3 Å².